The lowest BCUT2D eigenvalue weighted by Crippen LogP contribution is -2.11. The number of rotatable bonds is 6. The van der Waals surface area contributed by atoms with E-state index in [0.717, 1.165) is 15.8 Å². The molecule has 1 N–H and O–H groups in total. The van der Waals surface area contributed by atoms with E-state index < -0.39 is 0 Å². The molecule has 0 aliphatic heterocycles. The molecule has 15 heavy (non-hydrogen) atoms. The lowest BCUT2D eigenvalue weighted by atomic mass is 10.5. The molecule has 1 aromatic heterocycles. The second-order valence-electron chi connectivity index (χ2n) is 2.60. The van der Waals surface area contributed by atoms with Crippen LogP contribution in [0.25, 0.3) is 0 Å². The SMILES string of the molecule is CCSc1nnc(NC(=O)CCSC)s1. The number of nitrogens with zero attached hydrogens (tertiary/aromatic N) is 2. The van der Waals surface area contributed by atoms with Crippen molar-refractivity contribution in [3.63, 3.8) is 0 Å². The standard InChI is InChI=1S/C8H13N3OS3/c1-3-14-8-11-10-7(15-8)9-6(12)4-5-13-2/h3-5H2,1-2H3,(H,9,10,12). The minimum absolute atomic E-state index is 0.00792. The average molecular weight is 263 g/mol. The summed E-state index contributed by atoms with van der Waals surface area (Å²) in [7, 11) is 0. The summed E-state index contributed by atoms with van der Waals surface area (Å²) in [6.45, 7) is 2.06. The predicted octanol–water partition coefficient (Wildman–Crippen LogP) is 2.34. The Morgan fingerprint density at radius 3 is 3.00 bits per heavy atom. The van der Waals surface area contributed by atoms with Gasteiger partial charge < -0.3 is 5.32 Å². The first-order valence-electron chi connectivity index (χ1n) is 4.51. The van der Waals surface area contributed by atoms with E-state index in [1.807, 2.05) is 6.26 Å². The van der Waals surface area contributed by atoms with Crippen LogP contribution in [0.3, 0.4) is 0 Å². The van der Waals surface area contributed by atoms with Crippen LogP contribution in [0.5, 0.6) is 0 Å². The zero-order valence-electron chi connectivity index (χ0n) is 8.65. The molecular weight excluding hydrogens is 250 g/mol. The predicted molar refractivity (Wildman–Crippen MR) is 67.9 cm³/mol. The molecule has 0 bridgehead atoms. The van der Waals surface area contributed by atoms with Crippen molar-refractivity contribution in [1.82, 2.24) is 10.2 Å². The fraction of sp³-hybridized carbons (Fsp3) is 0.625. The molecule has 1 aromatic rings. The van der Waals surface area contributed by atoms with Crippen molar-refractivity contribution >= 4 is 45.9 Å². The molecular formula is C8H13N3OS3. The third-order valence-corrected chi connectivity index (χ3v) is 3.92. The van der Waals surface area contributed by atoms with E-state index in [1.165, 1.54) is 11.3 Å². The maximum atomic E-state index is 11.3. The van der Waals surface area contributed by atoms with Gasteiger partial charge in [-0.15, -0.1) is 10.2 Å². The number of hydrogen-bond acceptors (Lipinski definition) is 6. The summed E-state index contributed by atoms with van der Waals surface area (Å²) in [5.74, 6) is 1.81. The van der Waals surface area contributed by atoms with Crippen LogP contribution in [0.1, 0.15) is 13.3 Å². The summed E-state index contributed by atoms with van der Waals surface area (Å²) in [4.78, 5) is 11.3. The quantitative estimate of drug-likeness (QED) is 0.630. The Labute approximate surface area is 102 Å². The van der Waals surface area contributed by atoms with Crippen LogP contribution in [-0.2, 0) is 4.79 Å². The zero-order valence-corrected chi connectivity index (χ0v) is 11.1. The average Bonchev–Trinajstić information content (AvgIpc) is 2.63. The molecule has 0 spiro atoms. The van der Waals surface area contributed by atoms with Crippen molar-refractivity contribution in [3.8, 4) is 0 Å². The minimum Gasteiger partial charge on any atom is -0.300 e. The van der Waals surface area contributed by atoms with E-state index in [0.29, 0.717) is 11.6 Å². The van der Waals surface area contributed by atoms with Crippen molar-refractivity contribution in [2.75, 3.05) is 23.1 Å². The first-order chi connectivity index (χ1) is 7.26. The fourth-order valence-corrected chi connectivity index (χ4v) is 2.87. The number of aromatic nitrogens is 2. The minimum atomic E-state index is 0.00792. The van der Waals surface area contributed by atoms with E-state index in [4.69, 9.17) is 0 Å². The van der Waals surface area contributed by atoms with Crippen LogP contribution in [0, 0.1) is 0 Å². The van der Waals surface area contributed by atoms with Gasteiger partial charge in [-0.3, -0.25) is 4.79 Å². The van der Waals surface area contributed by atoms with Crippen LogP contribution in [0.2, 0.25) is 0 Å². The fourth-order valence-electron chi connectivity index (χ4n) is 0.819. The second-order valence-corrected chi connectivity index (χ2v) is 6.07. The molecule has 1 rings (SSSR count). The van der Waals surface area contributed by atoms with E-state index >= 15 is 0 Å². The maximum absolute atomic E-state index is 11.3. The summed E-state index contributed by atoms with van der Waals surface area (Å²) in [5.41, 5.74) is 0. The highest BCUT2D eigenvalue weighted by Crippen LogP contribution is 2.24. The van der Waals surface area contributed by atoms with Gasteiger partial charge in [0.15, 0.2) is 4.34 Å². The molecule has 1 heterocycles. The molecule has 0 unspecified atom stereocenters. The Morgan fingerprint density at radius 2 is 2.33 bits per heavy atom. The Kier molecular flexibility index (Phi) is 6.04. The highest BCUT2D eigenvalue weighted by Gasteiger charge is 2.07. The van der Waals surface area contributed by atoms with E-state index in [-0.39, 0.29) is 5.91 Å². The van der Waals surface area contributed by atoms with Crippen molar-refractivity contribution < 1.29 is 4.79 Å². The molecule has 0 aliphatic rings. The normalized spacial score (nSPS) is 10.3. The molecule has 7 heteroatoms. The topological polar surface area (TPSA) is 54.9 Å². The third kappa shape index (κ3) is 4.85. The van der Waals surface area contributed by atoms with Crippen LogP contribution in [0.15, 0.2) is 4.34 Å². The first kappa shape index (κ1) is 12.8. The number of amides is 1. The molecule has 0 atom stereocenters. The van der Waals surface area contributed by atoms with Crippen molar-refractivity contribution in [2.45, 2.75) is 17.7 Å². The molecule has 0 aliphatic carbocycles. The van der Waals surface area contributed by atoms with Gasteiger partial charge in [-0.2, -0.15) is 11.8 Å². The van der Waals surface area contributed by atoms with Crippen LogP contribution in [-0.4, -0.2) is 33.9 Å². The number of anilines is 1. The van der Waals surface area contributed by atoms with Gasteiger partial charge >= 0.3 is 0 Å². The van der Waals surface area contributed by atoms with Crippen LogP contribution in [0.4, 0.5) is 5.13 Å². The lowest BCUT2D eigenvalue weighted by Gasteiger charge is -1.98. The molecule has 0 radical (unpaired) electrons. The molecule has 0 fully saturated rings. The van der Waals surface area contributed by atoms with Gasteiger partial charge in [0.2, 0.25) is 11.0 Å². The summed E-state index contributed by atoms with van der Waals surface area (Å²) in [6.07, 6.45) is 2.51. The van der Waals surface area contributed by atoms with Gasteiger partial charge in [0.25, 0.3) is 0 Å². The van der Waals surface area contributed by atoms with Crippen molar-refractivity contribution in [1.29, 1.82) is 0 Å². The summed E-state index contributed by atoms with van der Waals surface area (Å²) in [6, 6.07) is 0. The molecule has 0 saturated heterocycles. The number of carbonyl (C=O) groups excluding carboxylic acids is 1. The van der Waals surface area contributed by atoms with Crippen LogP contribution >= 0.6 is 34.9 Å². The maximum Gasteiger partial charge on any atom is 0.227 e. The monoisotopic (exact) mass is 263 g/mol. The number of carbonyl (C=O) groups is 1. The molecule has 0 saturated carbocycles. The Balaban J connectivity index is 2.39. The molecule has 84 valence electrons. The smallest absolute Gasteiger partial charge is 0.227 e. The highest BCUT2D eigenvalue weighted by atomic mass is 32.2. The summed E-state index contributed by atoms with van der Waals surface area (Å²) in [5, 5.41) is 11.2. The Morgan fingerprint density at radius 1 is 1.53 bits per heavy atom. The molecule has 1 amide bonds. The van der Waals surface area contributed by atoms with Gasteiger partial charge in [0.1, 0.15) is 0 Å². The summed E-state index contributed by atoms with van der Waals surface area (Å²) >= 11 is 4.71. The lowest BCUT2D eigenvalue weighted by molar-refractivity contribution is -0.115. The van der Waals surface area contributed by atoms with Gasteiger partial charge in [-0.05, 0) is 12.0 Å². The number of nitrogens with one attached hydrogen (secondary N) is 1. The van der Waals surface area contributed by atoms with Gasteiger partial charge in [0, 0.05) is 12.2 Å². The highest BCUT2D eigenvalue weighted by molar-refractivity contribution is 8.01. The number of thioether (sulfide) groups is 2. The largest absolute Gasteiger partial charge is 0.300 e. The van der Waals surface area contributed by atoms with Crippen molar-refractivity contribution in [2.24, 2.45) is 0 Å². The zero-order chi connectivity index (χ0) is 11.1. The third-order valence-electron chi connectivity index (χ3n) is 1.45. The number of hydrogen-bond donors (Lipinski definition) is 1. The van der Waals surface area contributed by atoms with E-state index in [2.05, 4.69) is 22.4 Å². The van der Waals surface area contributed by atoms with Crippen LogP contribution < -0.4 is 5.32 Å². The molecule has 0 aromatic carbocycles. The molecule has 4 nitrogen and oxygen atoms in total. The van der Waals surface area contributed by atoms with Gasteiger partial charge in [-0.1, -0.05) is 30.0 Å². The van der Waals surface area contributed by atoms with E-state index in [9.17, 15) is 4.79 Å². The van der Waals surface area contributed by atoms with E-state index in [1.54, 1.807) is 23.5 Å². The summed E-state index contributed by atoms with van der Waals surface area (Å²) < 4.78 is 0.901. The Hall–Kier alpha value is -0.270. The van der Waals surface area contributed by atoms with Crippen molar-refractivity contribution in [3.05, 3.63) is 0 Å². The first-order valence-corrected chi connectivity index (χ1v) is 7.71. The van der Waals surface area contributed by atoms with Gasteiger partial charge in [-0.25, -0.2) is 0 Å². The Bertz CT molecular complexity index is 316. The van der Waals surface area contributed by atoms with Gasteiger partial charge in [0.05, 0.1) is 0 Å². The second kappa shape index (κ2) is 7.08.